The summed E-state index contributed by atoms with van der Waals surface area (Å²) >= 11 is 0. The number of rotatable bonds is 1. The first-order chi connectivity index (χ1) is 7.66. The van der Waals surface area contributed by atoms with Gasteiger partial charge in [-0.3, -0.25) is 4.79 Å². The molecule has 1 aromatic rings. The number of hydrogen-bond acceptors (Lipinski definition) is 2. The molecule has 1 unspecified atom stereocenters. The van der Waals surface area contributed by atoms with Crippen LogP contribution in [-0.4, -0.2) is 12.5 Å². The maximum Gasteiger partial charge on any atom is 0.217 e. The lowest BCUT2D eigenvalue weighted by molar-refractivity contribution is -0.119. The Morgan fingerprint density at radius 2 is 2.31 bits per heavy atom. The van der Waals surface area contributed by atoms with Crippen LogP contribution in [0.4, 0.5) is 0 Å². The number of benzene rings is 1. The first kappa shape index (κ1) is 11.0. The van der Waals surface area contributed by atoms with Crippen LogP contribution in [0.1, 0.15) is 36.9 Å². The summed E-state index contributed by atoms with van der Waals surface area (Å²) in [5, 5.41) is 2.99. The van der Waals surface area contributed by atoms with Crippen LogP contribution in [0.3, 0.4) is 0 Å². The van der Waals surface area contributed by atoms with Crippen molar-refractivity contribution in [3.8, 4) is 5.75 Å². The number of aryl methyl sites for hydroxylation is 1. The van der Waals surface area contributed by atoms with Crippen molar-refractivity contribution in [2.75, 3.05) is 6.61 Å². The van der Waals surface area contributed by atoms with Gasteiger partial charge in [0.25, 0.3) is 0 Å². The van der Waals surface area contributed by atoms with Crippen molar-refractivity contribution in [3.05, 3.63) is 29.3 Å². The molecule has 0 saturated heterocycles. The minimum absolute atomic E-state index is 0.0133. The third-order valence-electron chi connectivity index (χ3n) is 2.81. The summed E-state index contributed by atoms with van der Waals surface area (Å²) < 4.78 is 5.66. The molecular weight excluding hydrogens is 202 g/mol. The van der Waals surface area contributed by atoms with Gasteiger partial charge < -0.3 is 10.1 Å². The average molecular weight is 219 g/mol. The van der Waals surface area contributed by atoms with E-state index in [9.17, 15) is 4.79 Å². The molecule has 0 spiro atoms. The van der Waals surface area contributed by atoms with Crippen LogP contribution in [0.25, 0.3) is 0 Å². The fourth-order valence-corrected chi connectivity index (χ4v) is 2.09. The highest BCUT2D eigenvalue weighted by molar-refractivity contribution is 5.73. The van der Waals surface area contributed by atoms with E-state index in [0.717, 1.165) is 30.8 Å². The van der Waals surface area contributed by atoms with Crippen LogP contribution in [0.2, 0.25) is 0 Å². The summed E-state index contributed by atoms with van der Waals surface area (Å²) in [6, 6.07) is 6.22. The third-order valence-corrected chi connectivity index (χ3v) is 2.81. The zero-order valence-corrected chi connectivity index (χ0v) is 9.75. The lowest BCUT2D eigenvalue weighted by Crippen LogP contribution is -2.25. The van der Waals surface area contributed by atoms with Crippen molar-refractivity contribution >= 4 is 5.91 Å². The molecule has 0 fully saturated rings. The van der Waals surface area contributed by atoms with E-state index in [-0.39, 0.29) is 11.9 Å². The second kappa shape index (κ2) is 4.56. The van der Waals surface area contributed by atoms with Gasteiger partial charge >= 0.3 is 0 Å². The Kier molecular flexibility index (Phi) is 3.13. The van der Waals surface area contributed by atoms with E-state index in [2.05, 4.69) is 18.3 Å². The summed E-state index contributed by atoms with van der Waals surface area (Å²) in [6.07, 6.45) is 1.91. The highest BCUT2D eigenvalue weighted by Gasteiger charge is 2.20. The molecule has 1 atom stereocenters. The van der Waals surface area contributed by atoms with Crippen LogP contribution in [0.15, 0.2) is 18.2 Å². The molecular formula is C13H17NO2. The topological polar surface area (TPSA) is 38.3 Å². The Labute approximate surface area is 95.8 Å². The summed E-state index contributed by atoms with van der Waals surface area (Å²) in [6.45, 7) is 4.34. The molecule has 0 bridgehead atoms. The quantitative estimate of drug-likeness (QED) is 0.787. The van der Waals surface area contributed by atoms with Gasteiger partial charge in [0.2, 0.25) is 5.91 Å². The number of hydrogen-bond donors (Lipinski definition) is 1. The van der Waals surface area contributed by atoms with Crippen molar-refractivity contribution in [1.29, 1.82) is 0 Å². The van der Waals surface area contributed by atoms with E-state index in [1.54, 1.807) is 6.92 Å². The first-order valence-electron chi connectivity index (χ1n) is 5.67. The zero-order valence-electron chi connectivity index (χ0n) is 9.75. The Morgan fingerprint density at radius 1 is 1.50 bits per heavy atom. The van der Waals surface area contributed by atoms with Gasteiger partial charge in [0.05, 0.1) is 12.6 Å². The SMILES string of the molecule is CC(=O)NC1CCCOc2ccc(C)cc21. The van der Waals surface area contributed by atoms with Crippen LogP contribution < -0.4 is 10.1 Å². The minimum atomic E-state index is 0.0133. The molecule has 0 aliphatic carbocycles. The van der Waals surface area contributed by atoms with Gasteiger partial charge in [-0.05, 0) is 25.8 Å². The predicted molar refractivity (Wildman–Crippen MR) is 62.5 cm³/mol. The monoisotopic (exact) mass is 219 g/mol. The average Bonchev–Trinajstić information content (AvgIpc) is 2.41. The van der Waals surface area contributed by atoms with Crippen molar-refractivity contribution in [2.24, 2.45) is 0 Å². The Bertz CT molecular complexity index is 401. The number of nitrogens with one attached hydrogen (secondary N) is 1. The Balaban J connectivity index is 2.34. The van der Waals surface area contributed by atoms with Crippen LogP contribution >= 0.6 is 0 Å². The largest absolute Gasteiger partial charge is 0.493 e. The van der Waals surface area contributed by atoms with Crippen LogP contribution in [0.5, 0.6) is 5.75 Å². The van der Waals surface area contributed by atoms with E-state index in [4.69, 9.17) is 4.74 Å². The van der Waals surface area contributed by atoms with E-state index >= 15 is 0 Å². The highest BCUT2D eigenvalue weighted by atomic mass is 16.5. The second-order valence-corrected chi connectivity index (χ2v) is 4.29. The van der Waals surface area contributed by atoms with Gasteiger partial charge in [-0.1, -0.05) is 17.7 Å². The molecule has 1 aliphatic heterocycles. The molecule has 2 rings (SSSR count). The van der Waals surface area contributed by atoms with Gasteiger partial charge in [0, 0.05) is 12.5 Å². The van der Waals surface area contributed by atoms with Crippen molar-refractivity contribution in [1.82, 2.24) is 5.32 Å². The van der Waals surface area contributed by atoms with Gasteiger partial charge in [-0.15, -0.1) is 0 Å². The standard InChI is InChI=1S/C13H17NO2/c1-9-5-6-13-11(8-9)12(14-10(2)15)4-3-7-16-13/h5-6,8,12H,3-4,7H2,1-2H3,(H,14,15). The lowest BCUT2D eigenvalue weighted by atomic mass is 10.00. The van der Waals surface area contributed by atoms with Crippen molar-refractivity contribution in [3.63, 3.8) is 0 Å². The molecule has 1 aliphatic rings. The second-order valence-electron chi connectivity index (χ2n) is 4.29. The molecule has 1 heterocycles. The van der Waals surface area contributed by atoms with Crippen molar-refractivity contribution in [2.45, 2.75) is 32.7 Å². The minimum Gasteiger partial charge on any atom is -0.493 e. The molecule has 1 N–H and O–H groups in total. The number of amides is 1. The van der Waals surface area contributed by atoms with Gasteiger partial charge in [0.1, 0.15) is 5.75 Å². The molecule has 0 radical (unpaired) electrons. The van der Waals surface area contributed by atoms with Gasteiger partial charge in [-0.2, -0.15) is 0 Å². The maximum absolute atomic E-state index is 11.2. The van der Waals surface area contributed by atoms with Gasteiger partial charge in [-0.25, -0.2) is 0 Å². The number of fused-ring (bicyclic) bond motifs is 1. The molecule has 0 aromatic heterocycles. The molecule has 3 heteroatoms. The van der Waals surface area contributed by atoms with Crippen molar-refractivity contribution < 1.29 is 9.53 Å². The Hall–Kier alpha value is -1.51. The molecule has 0 saturated carbocycles. The molecule has 3 nitrogen and oxygen atoms in total. The fourth-order valence-electron chi connectivity index (χ4n) is 2.09. The highest BCUT2D eigenvalue weighted by Crippen LogP contribution is 2.32. The normalized spacial score (nSPS) is 19.2. The zero-order chi connectivity index (χ0) is 11.5. The molecule has 1 amide bonds. The maximum atomic E-state index is 11.2. The van der Waals surface area contributed by atoms with E-state index in [1.807, 2.05) is 12.1 Å². The number of carbonyl (C=O) groups is 1. The molecule has 1 aromatic carbocycles. The van der Waals surface area contributed by atoms with E-state index in [0.29, 0.717) is 0 Å². The number of ether oxygens (including phenoxy) is 1. The Morgan fingerprint density at radius 3 is 3.06 bits per heavy atom. The summed E-state index contributed by atoms with van der Waals surface area (Å²) in [5.41, 5.74) is 2.30. The van der Waals surface area contributed by atoms with Crippen LogP contribution in [-0.2, 0) is 4.79 Å². The summed E-state index contributed by atoms with van der Waals surface area (Å²) in [5.74, 6) is 0.918. The third kappa shape index (κ3) is 2.35. The van der Waals surface area contributed by atoms with E-state index in [1.165, 1.54) is 5.56 Å². The van der Waals surface area contributed by atoms with Gasteiger partial charge in [0.15, 0.2) is 0 Å². The molecule has 16 heavy (non-hydrogen) atoms. The van der Waals surface area contributed by atoms with E-state index < -0.39 is 0 Å². The summed E-state index contributed by atoms with van der Waals surface area (Å²) in [4.78, 5) is 11.2. The lowest BCUT2D eigenvalue weighted by Gasteiger charge is -2.17. The first-order valence-corrected chi connectivity index (χ1v) is 5.67. The smallest absolute Gasteiger partial charge is 0.217 e. The fraction of sp³-hybridized carbons (Fsp3) is 0.462. The summed E-state index contributed by atoms with van der Waals surface area (Å²) in [7, 11) is 0. The number of carbonyl (C=O) groups excluding carboxylic acids is 1. The predicted octanol–water partition coefficient (Wildman–Crippen LogP) is 2.34. The van der Waals surface area contributed by atoms with Crippen LogP contribution in [0, 0.1) is 6.92 Å². The molecule has 86 valence electrons.